The molecule has 6 heteroatoms. The van der Waals surface area contributed by atoms with Crippen molar-refractivity contribution in [3.63, 3.8) is 0 Å². The van der Waals surface area contributed by atoms with Gasteiger partial charge in [0.25, 0.3) is 0 Å². The maximum absolute atomic E-state index is 12.0. The molecule has 0 aliphatic carbocycles. The number of carbonyl (C=O) groups is 2. The molecule has 1 unspecified atom stereocenters. The number of carbonyl (C=O) groups excluding carboxylic acids is 2. The maximum Gasteiger partial charge on any atom is 0.222 e. The van der Waals surface area contributed by atoms with Gasteiger partial charge in [0.2, 0.25) is 11.8 Å². The van der Waals surface area contributed by atoms with Crippen molar-refractivity contribution in [2.45, 2.75) is 32.7 Å². The van der Waals surface area contributed by atoms with Gasteiger partial charge in [-0.15, -0.1) is 0 Å². The molecule has 122 valence electrons. The largest absolute Gasteiger partial charge is 0.355 e. The molecule has 0 bridgehead atoms. The van der Waals surface area contributed by atoms with E-state index >= 15 is 0 Å². The molecule has 1 aromatic rings. The van der Waals surface area contributed by atoms with E-state index in [1.165, 1.54) is 6.92 Å². The molecule has 1 rings (SSSR count). The summed E-state index contributed by atoms with van der Waals surface area (Å²) >= 11 is 3.38. The van der Waals surface area contributed by atoms with Crippen LogP contribution in [0.4, 0.5) is 0 Å². The summed E-state index contributed by atoms with van der Waals surface area (Å²) in [5.74, 6) is -0.217. The summed E-state index contributed by atoms with van der Waals surface area (Å²) in [6, 6.07) is 7.30. The Kier molecular flexibility index (Phi) is 8.77. The third kappa shape index (κ3) is 7.56. The smallest absolute Gasteiger partial charge is 0.222 e. The lowest BCUT2D eigenvalue weighted by Gasteiger charge is -2.18. The third-order valence-corrected chi connectivity index (χ3v) is 3.62. The normalized spacial score (nSPS) is 11.8. The van der Waals surface area contributed by atoms with Gasteiger partial charge in [-0.25, -0.2) is 0 Å². The van der Waals surface area contributed by atoms with Crippen molar-refractivity contribution in [3.8, 4) is 0 Å². The van der Waals surface area contributed by atoms with E-state index in [1.54, 1.807) is 0 Å². The van der Waals surface area contributed by atoms with E-state index in [0.717, 1.165) is 29.5 Å². The zero-order valence-corrected chi connectivity index (χ0v) is 14.7. The van der Waals surface area contributed by atoms with Crippen LogP contribution in [0.1, 0.15) is 38.3 Å². The standard InChI is InChI=1S/C16H24BrN3O2/c1-3-8-18-9-10-19-16(22)11-15(20-12(2)21)13-4-6-14(17)7-5-13/h4-7,15,18H,3,8-11H2,1-2H3,(H,19,22)(H,20,21). The number of hydrogen-bond acceptors (Lipinski definition) is 3. The first-order valence-electron chi connectivity index (χ1n) is 7.53. The molecule has 0 aromatic heterocycles. The van der Waals surface area contributed by atoms with E-state index in [9.17, 15) is 9.59 Å². The average Bonchev–Trinajstić information content (AvgIpc) is 2.46. The number of amides is 2. The van der Waals surface area contributed by atoms with Crippen LogP contribution < -0.4 is 16.0 Å². The Morgan fingerprint density at radius 1 is 1.14 bits per heavy atom. The van der Waals surface area contributed by atoms with Gasteiger partial charge < -0.3 is 16.0 Å². The SMILES string of the molecule is CCCNCCNC(=O)CC(NC(C)=O)c1ccc(Br)cc1. The molecular formula is C16H24BrN3O2. The molecule has 0 spiro atoms. The number of halogens is 1. The predicted octanol–water partition coefficient (Wildman–Crippen LogP) is 2.13. The second-order valence-corrected chi connectivity index (χ2v) is 6.02. The number of nitrogens with one attached hydrogen (secondary N) is 3. The molecule has 1 atom stereocenters. The summed E-state index contributed by atoms with van der Waals surface area (Å²) in [5.41, 5.74) is 0.914. The molecule has 3 N–H and O–H groups in total. The highest BCUT2D eigenvalue weighted by Gasteiger charge is 2.16. The summed E-state index contributed by atoms with van der Waals surface area (Å²) in [6.07, 6.45) is 1.30. The molecule has 0 aliphatic rings. The summed E-state index contributed by atoms with van der Waals surface area (Å²) in [4.78, 5) is 23.4. The Labute approximate surface area is 140 Å². The van der Waals surface area contributed by atoms with E-state index in [-0.39, 0.29) is 24.3 Å². The van der Waals surface area contributed by atoms with E-state index in [2.05, 4.69) is 38.8 Å². The summed E-state index contributed by atoms with van der Waals surface area (Å²) in [7, 11) is 0. The fourth-order valence-corrected chi connectivity index (χ4v) is 2.31. The zero-order chi connectivity index (χ0) is 16.4. The predicted molar refractivity (Wildman–Crippen MR) is 91.5 cm³/mol. The van der Waals surface area contributed by atoms with Crippen LogP contribution in [-0.2, 0) is 9.59 Å². The average molecular weight is 370 g/mol. The van der Waals surface area contributed by atoms with Crippen molar-refractivity contribution in [2.75, 3.05) is 19.6 Å². The fourth-order valence-electron chi connectivity index (χ4n) is 2.04. The molecule has 0 radical (unpaired) electrons. The highest BCUT2D eigenvalue weighted by Crippen LogP contribution is 2.19. The van der Waals surface area contributed by atoms with Crippen LogP contribution in [0.25, 0.3) is 0 Å². The van der Waals surface area contributed by atoms with Gasteiger partial charge in [0.05, 0.1) is 12.5 Å². The van der Waals surface area contributed by atoms with Crippen molar-refractivity contribution in [1.29, 1.82) is 0 Å². The Bertz CT molecular complexity index is 477. The minimum atomic E-state index is -0.311. The number of hydrogen-bond donors (Lipinski definition) is 3. The Balaban J connectivity index is 2.52. The summed E-state index contributed by atoms with van der Waals surface area (Å²) in [5, 5.41) is 8.92. The van der Waals surface area contributed by atoms with Gasteiger partial charge in [-0.2, -0.15) is 0 Å². The van der Waals surface area contributed by atoms with Gasteiger partial charge in [-0.1, -0.05) is 35.0 Å². The molecule has 2 amide bonds. The highest BCUT2D eigenvalue weighted by atomic mass is 79.9. The molecule has 0 heterocycles. The monoisotopic (exact) mass is 369 g/mol. The van der Waals surface area contributed by atoms with Gasteiger partial charge in [0, 0.05) is 24.5 Å². The zero-order valence-electron chi connectivity index (χ0n) is 13.1. The van der Waals surface area contributed by atoms with Crippen LogP contribution >= 0.6 is 15.9 Å². The number of rotatable bonds is 9. The minimum absolute atomic E-state index is 0.0695. The summed E-state index contributed by atoms with van der Waals surface area (Å²) < 4.78 is 0.962. The Morgan fingerprint density at radius 3 is 2.41 bits per heavy atom. The topological polar surface area (TPSA) is 70.2 Å². The second-order valence-electron chi connectivity index (χ2n) is 5.11. The van der Waals surface area contributed by atoms with Gasteiger partial charge in [-0.3, -0.25) is 9.59 Å². The van der Waals surface area contributed by atoms with Gasteiger partial charge in [0.1, 0.15) is 0 Å². The van der Waals surface area contributed by atoms with Crippen LogP contribution in [0, 0.1) is 0 Å². The lowest BCUT2D eigenvalue weighted by molar-refractivity contribution is -0.122. The van der Waals surface area contributed by atoms with Crippen LogP contribution in [0.2, 0.25) is 0 Å². The van der Waals surface area contributed by atoms with Crippen molar-refractivity contribution in [2.24, 2.45) is 0 Å². The van der Waals surface area contributed by atoms with Crippen molar-refractivity contribution in [1.82, 2.24) is 16.0 Å². The number of benzene rings is 1. The van der Waals surface area contributed by atoms with Crippen LogP contribution in [-0.4, -0.2) is 31.4 Å². The van der Waals surface area contributed by atoms with Gasteiger partial charge >= 0.3 is 0 Å². The second kappa shape index (κ2) is 10.3. The van der Waals surface area contributed by atoms with E-state index < -0.39 is 0 Å². The van der Waals surface area contributed by atoms with E-state index in [1.807, 2.05) is 24.3 Å². The van der Waals surface area contributed by atoms with Crippen LogP contribution in [0.5, 0.6) is 0 Å². The van der Waals surface area contributed by atoms with E-state index in [0.29, 0.717) is 6.54 Å². The maximum atomic E-state index is 12.0. The first-order valence-corrected chi connectivity index (χ1v) is 8.32. The third-order valence-electron chi connectivity index (χ3n) is 3.09. The molecule has 0 aliphatic heterocycles. The highest BCUT2D eigenvalue weighted by molar-refractivity contribution is 9.10. The molecular weight excluding hydrogens is 346 g/mol. The molecule has 0 saturated carbocycles. The quantitative estimate of drug-likeness (QED) is 0.584. The molecule has 5 nitrogen and oxygen atoms in total. The first kappa shape index (κ1) is 18.6. The van der Waals surface area contributed by atoms with Gasteiger partial charge in [-0.05, 0) is 30.7 Å². The van der Waals surface area contributed by atoms with Gasteiger partial charge in [0.15, 0.2) is 0 Å². The van der Waals surface area contributed by atoms with E-state index in [4.69, 9.17) is 0 Å². The molecule has 0 saturated heterocycles. The molecule has 1 aromatic carbocycles. The van der Waals surface area contributed by atoms with Crippen LogP contribution in [0.3, 0.4) is 0 Å². The molecule has 0 fully saturated rings. The fraction of sp³-hybridized carbons (Fsp3) is 0.500. The molecule has 22 heavy (non-hydrogen) atoms. The van der Waals surface area contributed by atoms with Crippen LogP contribution in [0.15, 0.2) is 28.7 Å². The Hall–Kier alpha value is -1.40. The lowest BCUT2D eigenvalue weighted by atomic mass is 10.0. The lowest BCUT2D eigenvalue weighted by Crippen LogP contribution is -2.35. The van der Waals surface area contributed by atoms with Crippen molar-refractivity contribution >= 4 is 27.7 Å². The van der Waals surface area contributed by atoms with Crippen molar-refractivity contribution in [3.05, 3.63) is 34.3 Å². The Morgan fingerprint density at radius 2 is 1.82 bits per heavy atom. The first-order chi connectivity index (χ1) is 10.5. The minimum Gasteiger partial charge on any atom is -0.355 e. The summed E-state index contributed by atoms with van der Waals surface area (Å²) in [6.45, 7) is 5.85. The van der Waals surface area contributed by atoms with Crippen molar-refractivity contribution < 1.29 is 9.59 Å².